The van der Waals surface area contributed by atoms with Crippen LogP contribution in [0.25, 0.3) is 0 Å². The molecule has 0 aromatic carbocycles. The van der Waals surface area contributed by atoms with Gasteiger partial charge in [-0.2, -0.15) is 0 Å². The molecule has 0 aromatic heterocycles. The fraction of sp³-hybridized carbons (Fsp3) is 1.00. The maximum absolute atomic E-state index is 2.34. The molecule has 82 valence electrons. The van der Waals surface area contributed by atoms with E-state index in [4.69, 9.17) is 0 Å². The van der Waals surface area contributed by atoms with Gasteiger partial charge < -0.3 is 0 Å². The van der Waals surface area contributed by atoms with E-state index in [0.717, 1.165) is 0 Å². The molecule has 0 aliphatic carbocycles. The van der Waals surface area contributed by atoms with Crippen molar-refractivity contribution in [2.45, 2.75) is 27.7 Å². The molecule has 0 bridgehead atoms. The Labute approximate surface area is 111 Å². The average molecular weight is 316 g/mol. The summed E-state index contributed by atoms with van der Waals surface area (Å²) in [7, 11) is -0.148. The van der Waals surface area contributed by atoms with Crippen molar-refractivity contribution in [2.24, 2.45) is 0 Å². The van der Waals surface area contributed by atoms with Crippen molar-refractivity contribution >= 4 is 10.0 Å². The molecule has 0 spiro atoms. The third-order valence-electron chi connectivity index (χ3n) is 2.45. The molecule has 0 rings (SSSR count). The summed E-state index contributed by atoms with van der Waals surface area (Å²) in [4.78, 5) is 0. The second kappa shape index (κ2) is 12.9. The molecule has 0 nitrogen and oxygen atoms in total. The Morgan fingerprint density at radius 3 is 0.750 bits per heavy atom. The summed E-state index contributed by atoms with van der Waals surface area (Å²) in [5.74, 6) is 5.71. The first-order chi connectivity index (χ1) is 4.24. The minimum absolute atomic E-state index is 0. The molecular weight excluding hydrogens is 296 g/mol. The van der Waals surface area contributed by atoms with Gasteiger partial charge in [0.15, 0.2) is 0 Å². The molecule has 0 unspecified atom stereocenters. The van der Waals surface area contributed by atoms with Crippen LogP contribution in [0.2, 0.25) is 0 Å². The Morgan fingerprint density at radius 1 is 0.583 bits per heavy atom. The van der Waals surface area contributed by atoms with Gasteiger partial charge in [0.1, 0.15) is 0 Å². The minimum Gasteiger partial charge on any atom is -0.242 e. The van der Waals surface area contributed by atoms with Crippen molar-refractivity contribution in [1.82, 2.24) is 0 Å². The molecule has 0 fully saturated rings. The van der Waals surface area contributed by atoms with Gasteiger partial charge in [0.05, 0.1) is 0 Å². The summed E-state index contributed by atoms with van der Waals surface area (Å²) >= 11 is 0. The quantitative estimate of drug-likeness (QED) is 0.700. The van der Waals surface area contributed by atoms with Crippen LogP contribution in [0, 0.1) is 0 Å². The molecule has 0 amide bonds. The Morgan fingerprint density at radius 2 is 0.750 bits per heavy atom. The van der Waals surface area contributed by atoms with Crippen molar-refractivity contribution in [1.29, 1.82) is 0 Å². The fourth-order valence-electron chi connectivity index (χ4n) is 1.22. The molecule has 0 heterocycles. The van der Waals surface area contributed by atoms with E-state index < -0.39 is 0 Å². The zero-order chi connectivity index (χ0) is 7.33. The maximum Gasteiger partial charge on any atom is 0 e. The standard InChI is InChI=1S/C8H20S.3Fe/c1-5-9(6-2,7-3)8-4;;;/h5-8H2,1-4H3;;;. The van der Waals surface area contributed by atoms with Crippen LogP contribution in [0.4, 0.5) is 0 Å². The zero-order valence-corrected chi connectivity index (χ0v) is 12.4. The van der Waals surface area contributed by atoms with E-state index >= 15 is 0 Å². The van der Waals surface area contributed by atoms with E-state index in [9.17, 15) is 0 Å². The Bertz CT molecular complexity index is 57.2. The summed E-state index contributed by atoms with van der Waals surface area (Å²) in [5.41, 5.74) is 0. The Balaban J connectivity index is -0.000000107. The van der Waals surface area contributed by atoms with Gasteiger partial charge in [0.25, 0.3) is 0 Å². The predicted molar refractivity (Wildman–Crippen MR) is 49.8 cm³/mol. The van der Waals surface area contributed by atoms with E-state index in [0.29, 0.717) is 0 Å². The largest absolute Gasteiger partial charge is 0.242 e. The second-order valence-electron chi connectivity index (χ2n) is 2.38. The summed E-state index contributed by atoms with van der Waals surface area (Å²) in [5, 5.41) is 0. The number of hydrogen-bond acceptors (Lipinski definition) is 0. The van der Waals surface area contributed by atoms with Crippen molar-refractivity contribution in [3.63, 3.8) is 0 Å². The van der Waals surface area contributed by atoms with Crippen molar-refractivity contribution in [3.05, 3.63) is 0 Å². The van der Waals surface area contributed by atoms with Crippen LogP contribution in [0.15, 0.2) is 0 Å². The van der Waals surface area contributed by atoms with Gasteiger partial charge in [-0.15, -0.1) is 0 Å². The zero-order valence-electron chi connectivity index (χ0n) is 8.30. The molecule has 0 atom stereocenters. The summed E-state index contributed by atoms with van der Waals surface area (Å²) < 4.78 is 0. The van der Waals surface area contributed by atoms with Gasteiger partial charge in [0, 0.05) is 51.2 Å². The molecule has 0 aromatic rings. The summed E-state index contributed by atoms with van der Waals surface area (Å²) in [6.45, 7) is 9.36. The smallest absolute Gasteiger partial charge is 0 e. The monoisotopic (exact) mass is 316 g/mol. The van der Waals surface area contributed by atoms with Gasteiger partial charge in [-0.25, -0.2) is 10.0 Å². The molecule has 4 heteroatoms. The Kier molecular flexibility index (Phi) is 25.4. The summed E-state index contributed by atoms with van der Waals surface area (Å²) in [6, 6.07) is 0. The molecule has 12 heavy (non-hydrogen) atoms. The fourth-order valence-corrected chi connectivity index (χ4v) is 3.67. The normalized spacial score (nSPS) is 10.3. The van der Waals surface area contributed by atoms with Gasteiger partial charge in [-0.05, 0) is 23.0 Å². The van der Waals surface area contributed by atoms with Crippen LogP contribution < -0.4 is 0 Å². The van der Waals surface area contributed by atoms with Gasteiger partial charge in [-0.3, -0.25) is 0 Å². The van der Waals surface area contributed by atoms with E-state index in [2.05, 4.69) is 27.7 Å². The molecule has 0 aliphatic heterocycles. The average Bonchev–Trinajstić information content (AvgIpc) is 1.95. The topological polar surface area (TPSA) is 0 Å². The first-order valence-electron chi connectivity index (χ1n) is 3.98. The first kappa shape index (κ1) is 23.6. The van der Waals surface area contributed by atoms with Crippen LogP contribution in [0.5, 0.6) is 0 Å². The van der Waals surface area contributed by atoms with Crippen LogP contribution in [-0.2, 0) is 51.2 Å². The van der Waals surface area contributed by atoms with Gasteiger partial charge >= 0.3 is 0 Å². The molecule has 0 saturated carbocycles. The minimum atomic E-state index is -0.148. The second-order valence-corrected chi connectivity index (χ2v) is 7.14. The van der Waals surface area contributed by atoms with E-state index in [1.807, 2.05) is 0 Å². The Hall–Kier alpha value is 1.91. The number of rotatable bonds is 4. The third kappa shape index (κ3) is 7.33. The summed E-state index contributed by atoms with van der Waals surface area (Å²) in [6.07, 6.45) is 0. The van der Waals surface area contributed by atoms with E-state index in [-0.39, 0.29) is 61.2 Å². The number of hydrogen-bond donors (Lipinski definition) is 0. The van der Waals surface area contributed by atoms with Crippen LogP contribution in [-0.4, -0.2) is 23.0 Å². The first-order valence-corrected chi connectivity index (χ1v) is 6.29. The predicted octanol–water partition coefficient (Wildman–Crippen LogP) is 2.86. The molecule has 0 radical (unpaired) electrons. The maximum atomic E-state index is 2.34. The van der Waals surface area contributed by atoms with Crippen molar-refractivity contribution in [2.75, 3.05) is 23.0 Å². The van der Waals surface area contributed by atoms with Crippen LogP contribution in [0.1, 0.15) is 27.7 Å². The molecule has 0 aliphatic rings. The van der Waals surface area contributed by atoms with Crippen LogP contribution in [0.3, 0.4) is 0 Å². The van der Waals surface area contributed by atoms with Crippen molar-refractivity contribution < 1.29 is 51.2 Å². The van der Waals surface area contributed by atoms with Crippen LogP contribution >= 0.6 is 10.0 Å². The molecule has 0 N–H and O–H groups in total. The third-order valence-corrected chi connectivity index (χ3v) is 7.35. The molecule has 0 saturated heterocycles. The SMILES string of the molecule is CCS(CC)(CC)CC.[Fe].[Fe].[Fe]. The molecular formula is C8H20Fe3S. The van der Waals surface area contributed by atoms with E-state index in [1.165, 1.54) is 23.0 Å². The van der Waals surface area contributed by atoms with Crippen molar-refractivity contribution in [3.8, 4) is 0 Å². The van der Waals surface area contributed by atoms with Gasteiger partial charge in [-0.1, -0.05) is 27.7 Å². The van der Waals surface area contributed by atoms with E-state index in [1.54, 1.807) is 0 Å². The van der Waals surface area contributed by atoms with Gasteiger partial charge in [0.2, 0.25) is 0 Å².